The van der Waals surface area contributed by atoms with Crippen LogP contribution in [-0.2, 0) is 14.8 Å². The SMILES string of the molecule is CS(=O)(=O)N(CC(=O)N/N=C\c1cc([N+](=O)[O-])ccc1Cl)c1cccc(Cl)c1. The molecule has 0 heterocycles. The van der Waals surface area contributed by atoms with Crippen molar-refractivity contribution in [2.24, 2.45) is 5.10 Å². The van der Waals surface area contributed by atoms with E-state index in [2.05, 4.69) is 10.5 Å². The predicted molar refractivity (Wildman–Crippen MR) is 107 cm³/mol. The van der Waals surface area contributed by atoms with Crippen molar-refractivity contribution in [2.45, 2.75) is 0 Å². The fourth-order valence-corrected chi connectivity index (χ4v) is 3.31. The summed E-state index contributed by atoms with van der Waals surface area (Å²) in [6, 6.07) is 9.76. The molecule has 0 aromatic heterocycles. The number of hydrogen-bond donors (Lipinski definition) is 1. The number of hydrazone groups is 1. The molecule has 148 valence electrons. The van der Waals surface area contributed by atoms with E-state index >= 15 is 0 Å². The van der Waals surface area contributed by atoms with Gasteiger partial charge in [-0.3, -0.25) is 19.2 Å². The molecule has 1 N–H and O–H groups in total. The normalized spacial score (nSPS) is 11.4. The quantitative estimate of drug-likeness (QED) is 0.399. The molecule has 2 rings (SSSR count). The van der Waals surface area contributed by atoms with Crippen LogP contribution in [0.15, 0.2) is 47.6 Å². The lowest BCUT2D eigenvalue weighted by molar-refractivity contribution is -0.384. The maximum absolute atomic E-state index is 12.1. The number of nitro benzene ring substituents is 1. The van der Waals surface area contributed by atoms with Crippen molar-refractivity contribution in [2.75, 3.05) is 17.1 Å². The molecule has 0 saturated carbocycles. The molecule has 9 nitrogen and oxygen atoms in total. The first-order valence-electron chi connectivity index (χ1n) is 7.57. The van der Waals surface area contributed by atoms with Gasteiger partial charge >= 0.3 is 0 Å². The second-order valence-electron chi connectivity index (χ2n) is 5.51. The Kier molecular flexibility index (Phi) is 6.95. The standard InChI is InChI=1S/C16H14Cl2N4O5S/c1-28(26,27)21(13-4-2-3-12(17)8-13)10-16(23)20-19-9-11-7-14(22(24)25)5-6-15(11)18/h2-9H,10H2,1H3,(H,20,23)/b19-9-. The van der Waals surface area contributed by atoms with Crippen LogP contribution in [0.4, 0.5) is 11.4 Å². The zero-order valence-corrected chi connectivity index (χ0v) is 16.7. The molecule has 2 aromatic carbocycles. The molecule has 0 aliphatic carbocycles. The molecule has 0 unspecified atom stereocenters. The van der Waals surface area contributed by atoms with Crippen LogP contribution < -0.4 is 9.73 Å². The molecule has 0 saturated heterocycles. The van der Waals surface area contributed by atoms with Gasteiger partial charge in [0.15, 0.2) is 0 Å². The second-order valence-corrected chi connectivity index (χ2v) is 8.26. The van der Waals surface area contributed by atoms with Crippen molar-refractivity contribution in [1.82, 2.24) is 5.43 Å². The van der Waals surface area contributed by atoms with Crippen molar-refractivity contribution in [3.63, 3.8) is 0 Å². The molecule has 0 aliphatic rings. The Labute approximate surface area is 170 Å². The van der Waals surface area contributed by atoms with Gasteiger partial charge in [0.1, 0.15) is 6.54 Å². The number of nitro groups is 1. The molecule has 0 radical (unpaired) electrons. The first kappa shape index (κ1) is 21.6. The lowest BCUT2D eigenvalue weighted by Crippen LogP contribution is -2.39. The van der Waals surface area contributed by atoms with E-state index in [4.69, 9.17) is 23.2 Å². The smallest absolute Gasteiger partial charge is 0.270 e. The average molecular weight is 445 g/mol. The number of benzene rings is 2. The third-order valence-corrected chi connectivity index (χ3v) is 5.09. The molecule has 0 bridgehead atoms. The lowest BCUT2D eigenvalue weighted by atomic mass is 10.2. The maximum atomic E-state index is 12.1. The van der Waals surface area contributed by atoms with E-state index in [0.717, 1.165) is 16.8 Å². The number of nitrogens with zero attached hydrogens (tertiary/aromatic N) is 3. The molecule has 2 aromatic rings. The molecule has 12 heteroatoms. The topological polar surface area (TPSA) is 122 Å². The number of carbonyl (C=O) groups excluding carboxylic acids is 1. The summed E-state index contributed by atoms with van der Waals surface area (Å²) in [7, 11) is -3.76. The summed E-state index contributed by atoms with van der Waals surface area (Å²) in [5, 5.41) is 15.0. The van der Waals surface area contributed by atoms with Crippen molar-refractivity contribution in [1.29, 1.82) is 0 Å². The predicted octanol–water partition coefficient (Wildman–Crippen LogP) is 2.82. The highest BCUT2D eigenvalue weighted by Gasteiger charge is 2.21. The zero-order chi connectivity index (χ0) is 20.9. The van der Waals surface area contributed by atoms with E-state index in [1.54, 1.807) is 12.1 Å². The van der Waals surface area contributed by atoms with E-state index in [9.17, 15) is 23.3 Å². The third-order valence-electron chi connectivity index (χ3n) is 3.37. The van der Waals surface area contributed by atoms with Crippen molar-refractivity contribution < 1.29 is 18.1 Å². The molecule has 0 atom stereocenters. The Balaban J connectivity index is 2.13. The van der Waals surface area contributed by atoms with E-state index in [-0.39, 0.29) is 22.0 Å². The van der Waals surface area contributed by atoms with Crippen LogP contribution in [0.1, 0.15) is 5.56 Å². The van der Waals surface area contributed by atoms with Gasteiger partial charge in [-0.1, -0.05) is 29.3 Å². The van der Waals surface area contributed by atoms with Gasteiger partial charge in [0, 0.05) is 27.7 Å². The fraction of sp³-hybridized carbons (Fsp3) is 0.125. The summed E-state index contributed by atoms with van der Waals surface area (Å²) >= 11 is 11.8. The van der Waals surface area contributed by atoms with Crippen LogP contribution in [0.5, 0.6) is 0 Å². The minimum absolute atomic E-state index is 0.193. The molecule has 0 aliphatic heterocycles. The van der Waals surface area contributed by atoms with Crippen LogP contribution in [0.25, 0.3) is 0 Å². The number of rotatable bonds is 7. The second kappa shape index (κ2) is 9.00. The molecule has 28 heavy (non-hydrogen) atoms. The van der Waals surface area contributed by atoms with E-state index in [1.165, 1.54) is 30.3 Å². The van der Waals surface area contributed by atoms with Crippen LogP contribution in [0.3, 0.4) is 0 Å². The maximum Gasteiger partial charge on any atom is 0.270 e. The number of non-ortho nitro benzene ring substituents is 1. The van der Waals surface area contributed by atoms with Crippen molar-refractivity contribution in [3.05, 3.63) is 68.2 Å². The Morgan fingerprint density at radius 2 is 2.00 bits per heavy atom. The first-order chi connectivity index (χ1) is 13.1. The van der Waals surface area contributed by atoms with Gasteiger partial charge in [-0.05, 0) is 24.3 Å². The summed E-state index contributed by atoms with van der Waals surface area (Å²) in [6.07, 6.45) is 2.07. The highest BCUT2D eigenvalue weighted by molar-refractivity contribution is 7.92. The zero-order valence-electron chi connectivity index (χ0n) is 14.4. The fourth-order valence-electron chi connectivity index (χ4n) is 2.11. The van der Waals surface area contributed by atoms with E-state index in [0.29, 0.717) is 5.02 Å². The third kappa shape index (κ3) is 5.91. The molecule has 1 amide bonds. The van der Waals surface area contributed by atoms with Gasteiger partial charge in [-0.2, -0.15) is 5.10 Å². The van der Waals surface area contributed by atoms with Crippen LogP contribution in [-0.4, -0.2) is 38.3 Å². The highest BCUT2D eigenvalue weighted by Crippen LogP contribution is 2.22. The summed E-state index contributed by atoms with van der Waals surface area (Å²) in [4.78, 5) is 22.3. The first-order valence-corrected chi connectivity index (χ1v) is 10.2. The van der Waals surface area contributed by atoms with Gasteiger partial charge in [0.2, 0.25) is 10.0 Å². The number of sulfonamides is 1. The Hall–Kier alpha value is -2.69. The lowest BCUT2D eigenvalue weighted by Gasteiger charge is -2.21. The van der Waals surface area contributed by atoms with Gasteiger partial charge in [-0.15, -0.1) is 0 Å². The van der Waals surface area contributed by atoms with E-state index < -0.39 is 27.4 Å². The summed E-state index contributed by atoms with van der Waals surface area (Å²) in [6.45, 7) is -0.542. The monoisotopic (exact) mass is 444 g/mol. The minimum Gasteiger partial charge on any atom is -0.271 e. The molecule has 0 fully saturated rings. The Morgan fingerprint density at radius 1 is 1.29 bits per heavy atom. The van der Waals surface area contributed by atoms with Gasteiger partial charge < -0.3 is 0 Å². The number of halogens is 2. The largest absolute Gasteiger partial charge is 0.271 e. The number of nitrogens with one attached hydrogen (secondary N) is 1. The Bertz CT molecular complexity index is 1040. The average Bonchev–Trinajstić information content (AvgIpc) is 2.60. The molecule has 0 spiro atoms. The van der Waals surface area contributed by atoms with Gasteiger partial charge in [0.05, 0.1) is 23.1 Å². The van der Waals surface area contributed by atoms with Crippen LogP contribution in [0.2, 0.25) is 10.0 Å². The number of anilines is 1. The van der Waals surface area contributed by atoms with Crippen molar-refractivity contribution in [3.8, 4) is 0 Å². The van der Waals surface area contributed by atoms with E-state index in [1.807, 2.05) is 0 Å². The van der Waals surface area contributed by atoms with Crippen molar-refractivity contribution >= 4 is 56.7 Å². The summed E-state index contributed by atoms with van der Waals surface area (Å²) < 4.78 is 24.9. The molecular weight excluding hydrogens is 431 g/mol. The van der Waals surface area contributed by atoms with Crippen LogP contribution in [0, 0.1) is 10.1 Å². The molecular formula is C16H14Cl2N4O5S. The minimum atomic E-state index is -3.76. The number of amides is 1. The van der Waals surface area contributed by atoms with Crippen LogP contribution >= 0.6 is 23.2 Å². The summed E-state index contributed by atoms with van der Waals surface area (Å²) in [5.74, 6) is -0.733. The Morgan fingerprint density at radius 3 is 2.61 bits per heavy atom. The number of carbonyl (C=O) groups is 1. The number of hydrogen-bond acceptors (Lipinski definition) is 6. The van der Waals surface area contributed by atoms with Gasteiger partial charge in [0.25, 0.3) is 11.6 Å². The highest BCUT2D eigenvalue weighted by atomic mass is 35.5. The summed E-state index contributed by atoms with van der Waals surface area (Å²) in [5.41, 5.74) is 2.40. The van der Waals surface area contributed by atoms with Gasteiger partial charge in [-0.25, -0.2) is 13.8 Å².